The Morgan fingerprint density at radius 1 is 1.44 bits per heavy atom. The Labute approximate surface area is 72.6 Å². The van der Waals surface area contributed by atoms with Crippen LogP contribution in [0, 0.1) is 3.57 Å². The fourth-order valence-electron chi connectivity index (χ4n) is 0.501. The molecule has 0 amide bonds. The van der Waals surface area contributed by atoms with Crippen LogP contribution in [0.15, 0.2) is 23.1 Å². The van der Waals surface area contributed by atoms with E-state index in [0.29, 0.717) is 0 Å². The number of hydrogen-bond donors (Lipinski definition) is 2. The smallest absolute Gasteiger partial charge is 0.116 e. The molecule has 0 radical (unpaired) electrons. The summed E-state index contributed by atoms with van der Waals surface area (Å²) in [7, 11) is 0. The molecule has 0 aliphatic heterocycles. The van der Waals surface area contributed by atoms with Gasteiger partial charge in [-0.25, -0.2) is 0 Å². The van der Waals surface area contributed by atoms with Gasteiger partial charge < -0.3 is 5.11 Å². The Kier molecular flexibility index (Phi) is 2.23. The van der Waals surface area contributed by atoms with Crippen LogP contribution in [0.5, 0.6) is 5.75 Å². The Bertz CT molecular complexity index is 224. The minimum Gasteiger partial charge on any atom is -0.508 e. The molecule has 0 spiro atoms. The van der Waals surface area contributed by atoms with Crippen LogP contribution in [0.1, 0.15) is 0 Å². The molecule has 1 rings (SSSR count). The van der Waals surface area contributed by atoms with E-state index in [1.165, 1.54) is 0 Å². The third-order valence-corrected chi connectivity index (χ3v) is 2.67. The maximum atomic E-state index is 8.89. The number of rotatable bonds is 0. The zero-order chi connectivity index (χ0) is 6.85. The topological polar surface area (TPSA) is 20.2 Å². The van der Waals surface area contributed by atoms with E-state index in [2.05, 4.69) is 35.2 Å². The fourth-order valence-corrected chi connectivity index (χ4v) is 1.04. The molecule has 1 nitrogen and oxygen atoms in total. The van der Waals surface area contributed by atoms with Gasteiger partial charge in [-0.2, -0.15) is 0 Å². The van der Waals surface area contributed by atoms with Gasteiger partial charge in [-0.3, -0.25) is 0 Å². The second-order valence-corrected chi connectivity index (χ2v) is 3.28. The van der Waals surface area contributed by atoms with Crippen molar-refractivity contribution in [3.05, 3.63) is 21.8 Å². The van der Waals surface area contributed by atoms with Gasteiger partial charge in [-0.15, -0.1) is 12.6 Å². The summed E-state index contributed by atoms with van der Waals surface area (Å²) < 4.78 is 1.05. The zero-order valence-corrected chi connectivity index (χ0v) is 7.56. The second kappa shape index (κ2) is 2.79. The molecule has 0 bridgehead atoms. The van der Waals surface area contributed by atoms with Crippen molar-refractivity contribution < 1.29 is 5.11 Å². The first-order chi connectivity index (χ1) is 4.20. The van der Waals surface area contributed by atoms with Crippen molar-refractivity contribution in [3.63, 3.8) is 0 Å². The highest BCUT2D eigenvalue weighted by Crippen LogP contribution is 2.20. The molecule has 48 valence electrons. The van der Waals surface area contributed by atoms with Crippen molar-refractivity contribution in [2.24, 2.45) is 0 Å². The SMILES string of the molecule is Oc1ccc(I)c(S)c1. The maximum absolute atomic E-state index is 8.89. The van der Waals surface area contributed by atoms with Gasteiger partial charge in [0.2, 0.25) is 0 Å². The number of thiol groups is 1. The van der Waals surface area contributed by atoms with Crippen LogP contribution < -0.4 is 0 Å². The molecule has 1 aromatic carbocycles. The van der Waals surface area contributed by atoms with Crippen LogP contribution in [0.2, 0.25) is 0 Å². The summed E-state index contributed by atoms with van der Waals surface area (Å²) in [6, 6.07) is 5.07. The molecule has 9 heavy (non-hydrogen) atoms. The van der Waals surface area contributed by atoms with Crippen LogP contribution in [0.4, 0.5) is 0 Å². The predicted octanol–water partition coefficient (Wildman–Crippen LogP) is 2.29. The standard InChI is InChI=1S/C6H5IOS/c7-5-2-1-4(8)3-6(5)9/h1-3,8-9H. The van der Waals surface area contributed by atoms with Crippen molar-refractivity contribution in [3.8, 4) is 5.75 Å². The number of halogens is 1. The van der Waals surface area contributed by atoms with Crippen molar-refractivity contribution in [2.75, 3.05) is 0 Å². The average molecular weight is 252 g/mol. The highest BCUT2D eigenvalue weighted by atomic mass is 127. The lowest BCUT2D eigenvalue weighted by Gasteiger charge is -1.95. The number of phenols is 1. The first kappa shape index (κ1) is 7.21. The van der Waals surface area contributed by atoms with E-state index in [9.17, 15) is 0 Å². The highest BCUT2D eigenvalue weighted by molar-refractivity contribution is 14.1. The molecule has 0 fully saturated rings. The molecule has 1 N–H and O–H groups in total. The van der Waals surface area contributed by atoms with E-state index in [4.69, 9.17) is 5.11 Å². The summed E-state index contributed by atoms with van der Waals surface area (Å²) in [4.78, 5) is 0.815. The van der Waals surface area contributed by atoms with Crippen molar-refractivity contribution in [1.82, 2.24) is 0 Å². The van der Waals surface area contributed by atoms with E-state index >= 15 is 0 Å². The van der Waals surface area contributed by atoms with Crippen LogP contribution in [0.25, 0.3) is 0 Å². The Morgan fingerprint density at radius 2 is 2.11 bits per heavy atom. The molecule has 0 heterocycles. The maximum Gasteiger partial charge on any atom is 0.116 e. The molecule has 0 aliphatic carbocycles. The van der Waals surface area contributed by atoms with E-state index in [-0.39, 0.29) is 5.75 Å². The molecule has 0 saturated carbocycles. The van der Waals surface area contributed by atoms with Crippen LogP contribution in [-0.4, -0.2) is 5.11 Å². The monoisotopic (exact) mass is 252 g/mol. The van der Waals surface area contributed by atoms with Crippen molar-refractivity contribution in [2.45, 2.75) is 4.90 Å². The molecule has 0 aliphatic rings. The fraction of sp³-hybridized carbons (Fsp3) is 0. The van der Waals surface area contributed by atoms with Crippen LogP contribution >= 0.6 is 35.2 Å². The first-order valence-electron chi connectivity index (χ1n) is 2.37. The molecular formula is C6H5IOS. The first-order valence-corrected chi connectivity index (χ1v) is 3.90. The van der Waals surface area contributed by atoms with Crippen LogP contribution in [0.3, 0.4) is 0 Å². The summed E-state index contributed by atoms with van der Waals surface area (Å²) in [6.07, 6.45) is 0. The third-order valence-electron chi connectivity index (χ3n) is 0.930. The van der Waals surface area contributed by atoms with Crippen molar-refractivity contribution in [1.29, 1.82) is 0 Å². The Balaban J connectivity index is 3.17. The summed E-state index contributed by atoms with van der Waals surface area (Å²) in [5.74, 6) is 0.264. The van der Waals surface area contributed by atoms with Gasteiger partial charge in [-0.1, -0.05) is 0 Å². The minimum absolute atomic E-state index is 0.264. The second-order valence-electron chi connectivity index (χ2n) is 1.64. The van der Waals surface area contributed by atoms with Gasteiger partial charge >= 0.3 is 0 Å². The van der Waals surface area contributed by atoms with Crippen molar-refractivity contribution >= 4 is 35.2 Å². The largest absolute Gasteiger partial charge is 0.508 e. The summed E-state index contributed by atoms with van der Waals surface area (Å²) in [5, 5.41) is 8.89. The number of hydrogen-bond acceptors (Lipinski definition) is 2. The Morgan fingerprint density at radius 3 is 2.56 bits per heavy atom. The quantitative estimate of drug-likeness (QED) is 0.536. The van der Waals surface area contributed by atoms with Crippen LogP contribution in [-0.2, 0) is 0 Å². The minimum atomic E-state index is 0.264. The van der Waals surface area contributed by atoms with Gasteiger partial charge in [0, 0.05) is 8.47 Å². The van der Waals surface area contributed by atoms with E-state index in [1.807, 2.05) is 6.07 Å². The molecule has 1 aromatic rings. The lowest BCUT2D eigenvalue weighted by Crippen LogP contribution is -1.72. The lowest BCUT2D eigenvalue weighted by molar-refractivity contribution is 0.473. The molecule has 0 saturated heterocycles. The van der Waals surface area contributed by atoms with E-state index in [0.717, 1.165) is 8.47 Å². The van der Waals surface area contributed by atoms with Gasteiger partial charge in [0.15, 0.2) is 0 Å². The summed E-state index contributed by atoms with van der Waals surface area (Å²) in [6.45, 7) is 0. The van der Waals surface area contributed by atoms with E-state index in [1.54, 1.807) is 12.1 Å². The van der Waals surface area contributed by atoms with Gasteiger partial charge in [0.05, 0.1) is 0 Å². The molecule has 0 atom stereocenters. The predicted molar refractivity (Wildman–Crippen MR) is 48.1 cm³/mol. The number of benzene rings is 1. The summed E-state index contributed by atoms with van der Waals surface area (Å²) in [5.41, 5.74) is 0. The lowest BCUT2D eigenvalue weighted by atomic mass is 10.3. The van der Waals surface area contributed by atoms with E-state index < -0.39 is 0 Å². The van der Waals surface area contributed by atoms with Gasteiger partial charge in [-0.05, 0) is 40.8 Å². The summed E-state index contributed by atoms with van der Waals surface area (Å²) >= 11 is 6.25. The third kappa shape index (κ3) is 1.76. The molecule has 0 aromatic heterocycles. The Hall–Kier alpha value is 0.1000. The highest BCUT2D eigenvalue weighted by Gasteiger charge is 1.93. The molecule has 3 heteroatoms. The average Bonchev–Trinajstić information content (AvgIpc) is 1.80. The number of phenolic OH excluding ortho intramolecular Hbond substituents is 1. The molecular weight excluding hydrogens is 247 g/mol. The van der Waals surface area contributed by atoms with Gasteiger partial charge in [0.25, 0.3) is 0 Å². The molecule has 0 unspecified atom stereocenters. The number of aromatic hydroxyl groups is 1. The van der Waals surface area contributed by atoms with Gasteiger partial charge in [0.1, 0.15) is 5.75 Å². The normalized spacial score (nSPS) is 9.56. The zero-order valence-electron chi connectivity index (χ0n) is 4.50.